The third-order valence-corrected chi connectivity index (χ3v) is 8.47. The number of ether oxygens (including phenoxy) is 1. The van der Waals surface area contributed by atoms with Gasteiger partial charge in [0.15, 0.2) is 5.60 Å². The topological polar surface area (TPSA) is 90.8 Å². The van der Waals surface area contributed by atoms with E-state index in [2.05, 4.69) is 10.6 Å². The SMILES string of the molecule is CNC(=O)c1cc2c(c(F)c1-c1c(Cl)c(F)cc3c1C[C@](c1ccccc1)([C@@H]1CCCN1)O3)[C@@H](O)[C@@H](O)C2. The van der Waals surface area contributed by atoms with Crippen LogP contribution in [0.2, 0.25) is 5.02 Å². The summed E-state index contributed by atoms with van der Waals surface area (Å²) in [5.74, 6) is -2.09. The number of fused-ring (bicyclic) bond motifs is 2. The zero-order valence-corrected chi connectivity index (χ0v) is 21.4. The maximum atomic E-state index is 16.4. The van der Waals surface area contributed by atoms with Crippen molar-refractivity contribution in [1.29, 1.82) is 0 Å². The summed E-state index contributed by atoms with van der Waals surface area (Å²) in [7, 11) is 1.41. The molecule has 0 aromatic heterocycles. The summed E-state index contributed by atoms with van der Waals surface area (Å²) < 4.78 is 38.3. The highest BCUT2D eigenvalue weighted by Gasteiger charge is 2.50. The van der Waals surface area contributed by atoms with E-state index in [-0.39, 0.29) is 51.9 Å². The van der Waals surface area contributed by atoms with Crippen molar-refractivity contribution >= 4 is 17.5 Å². The molecule has 0 unspecified atom stereocenters. The molecule has 198 valence electrons. The van der Waals surface area contributed by atoms with Gasteiger partial charge in [-0.25, -0.2) is 8.78 Å². The fraction of sp³-hybridized carbons (Fsp3) is 0.345. The fourth-order valence-electron chi connectivity index (χ4n) is 6.32. The lowest BCUT2D eigenvalue weighted by Gasteiger charge is -2.35. The number of nitrogens with one attached hydrogen (secondary N) is 2. The van der Waals surface area contributed by atoms with Crippen LogP contribution in [0.25, 0.3) is 11.1 Å². The molecular weight excluding hydrogens is 514 g/mol. The number of benzene rings is 3. The Labute approximate surface area is 223 Å². The van der Waals surface area contributed by atoms with E-state index < -0.39 is 35.4 Å². The van der Waals surface area contributed by atoms with Crippen LogP contribution in [0.1, 0.15) is 51.6 Å². The third-order valence-electron chi connectivity index (χ3n) is 8.10. The molecule has 38 heavy (non-hydrogen) atoms. The van der Waals surface area contributed by atoms with Gasteiger partial charge in [-0.2, -0.15) is 0 Å². The Morgan fingerprint density at radius 2 is 1.95 bits per heavy atom. The Bertz CT molecular complexity index is 1440. The number of aliphatic hydroxyl groups excluding tert-OH is 2. The van der Waals surface area contributed by atoms with Crippen molar-refractivity contribution in [2.24, 2.45) is 0 Å². The molecule has 4 N–H and O–H groups in total. The van der Waals surface area contributed by atoms with Crippen LogP contribution in [0.3, 0.4) is 0 Å². The van der Waals surface area contributed by atoms with Gasteiger partial charge in [-0.05, 0) is 36.6 Å². The maximum absolute atomic E-state index is 16.4. The van der Waals surface area contributed by atoms with Gasteiger partial charge in [-0.3, -0.25) is 4.79 Å². The smallest absolute Gasteiger partial charge is 0.251 e. The number of amides is 1. The van der Waals surface area contributed by atoms with Gasteiger partial charge >= 0.3 is 0 Å². The second-order valence-corrected chi connectivity index (χ2v) is 10.6. The van der Waals surface area contributed by atoms with Crippen LogP contribution >= 0.6 is 11.6 Å². The van der Waals surface area contributed by atoms with Crippen molar-refractivity contribution in [3.63, 3.8) is 0 Å². The Balaban J connectivity index is 1.61. The van der Waals surface area contributed by atoms with Crippen LogP contribution in [0.15, 0.2) is 42.5 Å². The molecule has 1 aliphatic carbocycles. The standard InChI is InChI=1S/C29H27ClF2N2O4/c1-33-28(37)16-10-14-11-19(35)27(36)22(14)26(32)24(16)23-17-13-29(21-8-5-9-34-21,15-6-3-2-4-7-15)38-20(17)12-18(31)25(23)30/h2-4,6-7,10,12,19,21,27,34-36H,5,8-9,11,13H2,1H3,(H,33,37)/t19-,21-,27-,29-/m0/s1. The van der Waals surface area contributed by atoms with Gasteiger partial charge in [0.2, 0.25) is 0 Å². The summed E-state index contributed by atoms with van der Waals surface area (Å²) >= 11 is 6.56. The molecule has 4 atom stereocenters. The van der Waals surface area contributed by atoms with Crippen molar-refractivity contribution in [1.82, 2.24) is 10.6 Å². The van der Waals surface area contributed by atoms with E-state index in [0.29, 0.717) is 11.1 Å². The summed E-state index contributed by atoms with van der Waals surface area (Å²) in [4.78, 5) is 13.0. The van der Waals surface area contributed by atoms with E-state index in [1.165, 1.54) is 19.2 Å². The molecule has 0 saturated carbocycles. The molecule has 3 aromatic carbocycles. The first-order valence-corrected chi connectivity index (χ1v) is 13.1. The van der Waals surface area contributed by atoms with E-state index in [0.717, 1.165) is 24.9 Å². The number of rotatable bonds is 4. The molecule has 1 fully saturated rings. The average Bonchev–Trinajstić information content (AvgIpc) is 3.65. The summed E-state index contributed by atoms with van der Waals surface area (Å²) in [6.07, 6.45) is -0.681. The predicted octanol–water partition coefficient (Wildman–Crippen LogP) is 4.18. The highest BCUT2D eigenvalue weighted by atomic mass is 35.5. The van der Waals surface area contributed by atoms with E-state index in [4.69, 9.17) is 16.3 Å². The molecule has 0 bridgehead atoms. The number of hydrogen-bond acceptors (Lipinski definition) is 5. The van der Waals surface area contributed by atoms with Gasteiger partial charge in [0.05, 0.1) is 22.7 Å². The monoisotopic (exact) mass is 540 g/mol. The molecule has 2 aliphatic heterocycles. The average molecular weight is 541 g/mol. The van der Waals surface area contributed by atoms with Crippen LogP contribution in [-0.4, -0.2) is 41.9 Å². The number of carbonyl (C=O) groups excluding carboxylic acids is 1. The van der Waals surface area contributed by atoms with Gasteiger partial charge in [-0.15, -0.1) is 0 Å². The minimum absolute atomic E-state index is 0.0136. The minimum Gasteiger partial charge on any atom is -0.480 e. The molecule has 1 saturated heterocycles. The molecule has 0 spiro atoms. The highest BCUT2D eigenvalue weighted by Crippen LogP contribution is 2.53. The Hall–Kier alpha value is -3.04. The largest absolute Gasteiger partial charge is 0.480 e. The quantitative estimate of drug-likeness (QED) is 0.399. The highest BCUT2D eigenvalue weighted by molar-refractivity contribution is 6.34. The van der Waals surface area contributed by atoms with Crippen LogP contribution in [0.4, 0.5) is 8.78 Å². The van der Waals surface area contributed by atoms with Gasteiger partial charge in [-0.1, -0.05) is 41.9 Å². The van der Waals surface area contributed by atoms with E-state index in [1.807, 2.05) is 30.3 Å². The molecule has 6 rings (SSSR count). The zero-order valence-electron chi connectivity index (χ0n) is 20.7. The molecule has 2 heterocycles. The number of halogens is 3. The molecule has 0 radical (unpaired) electrons. The van der Waals surface area contributed by atoms with E-state index in [9.17, 15) is 15.0 Å². The third kappa shape index (κ3) is 3.66. The van der Waals surface area contributed by atoms with Gasteiger partial charge in [0.25, 0.3) is 5.91 Å². The first-order valence-electron chi connectivity index (χ1n) is 12.7. The van der Waals surface area contributed by atoms with E-state index in [1.54, 1.807) is 0 Å². The van der Waals surface area contributed by atoms with Crippen molar-refractivity contribution in [3.05, 3.63) is 86.9 Å². The minimum atomic E-state index is -1.48. The summed E-state index contributed by atoms with van der Waals surface area (Å²) in [5.41, 5.74) is 0.412. The molecule has 3 aromatic rings. The maximum Gasteiger partial charge on any atom is 0.251 e. The van der Waals surface area contributed by atoms with Crippen LogP contribution in [0, 0.1) is 11.6 Å². The first-order chi connectivity index (χ1) is 18.3. The molecule has 9 heteroatoms. The number of aliphatic hydroxyl groups is 2. The summed E-state index contributed by atoms with van der Waals surface area (Å²) in [6.45, 7) is 0.807. The molecular formula is C29H27ClF2N2O4. The molecule has 6 nitrogen and oxygen atoms in total. The fourth-order valence-corrected chi connectivity index (χ4v) is 6.58. The zero-order chi connectivity index (χ0) is 26.8. The normalized spacial score (nSPS) is 25.7. The van der Waals surface area contributed by atoms with Crippen molar-refractivity contribution in [2.75, 3.05) is 13.6 Å². The summed E-state index contributed by atoms with van der Waals surface area (Å²) in [6, 6.07) is 12.2. The van der Waals surface area contributed by atoms with Gasteiger partial charge < -0.3 is 25.6 Å². The lowest BCUT2D eigenvalue weighted by atomic mass is 9.80. The van der Waals surface area contributed by atoms with Crippen molar-refractivity contribution in [3.8, 4) is 16.9 Å². The lowest BCUT2D eigenvalue weighted by molar-refractivity contribution is 0.0309. The Morgan fingerprint density at radius 3 is 2.63 bits per heavy atom. The van der Waals surface area contributed by atoms with Gasteiger partial charge in [0, 0.05) is 48.2 Å². The lowest BCUT2D eigenvalue weighted by Crippen LogP contribution is -2.48. The second-order valence-electron chi connectivity index (χ2n) is 10.2. The first kappa shape index (κ1) is 25.2. The van der Waals surface area contributed by atoms with Gasteiger partial charge in [0.1, 0.15) is 23.5 Å². The molecule has 3 aliphatic rings. The Morgan fingerprint density at radius 1 is 1.18 bits per heavy atom. The second kappa shape index (κ2) is 9.31. The number of carbonyl (C=O) groups is 1. The van der Waals surface area contributed by atoms with Crippen LogP contribution < -0.4 is 15.4 Å². The van der Waals surface area contributed by atoms with E-state index >= 15 is 8.78 Å². The molecule has 1 amide bonds. The Kier molecular flexibility index (Phi) is 6.18. The summed E-state index contributed by atoms with van der Waals surface area (Å²) in [5, 5.41) is 26.5. The predicted molar refractivity (Wildman–Crippen MR) is 138 cm³/mol. The van der Waals surface area contributed by atoms with Crippen LogP contribution in [0.5, 0.6) is 5.75 Å². The van der Waals surface area contributed by atoms with Crippen molar-refractivity contribution < 1.29 is 28.5 Å². The number of hydrogen-bond donors (Lipinski definition) is 4. The van der Waals surface area contributed by atoms with Crippen molar-refractivity contribution in [2.45, 2.75) is 49.5 Å². The van der Waals surface area contributed by atoms with Crippen LogP contribution in [-0.2, 0) is 18.4 Å².